The van der Waals surface area contributed by atoms with Gasteiger partial charge in [0.05, 0.1) is 24.2 Å². The van der Waals surface area contributed by atoms with Crippen LogP contribution in [0.25, 0.3) is 21.7 Å². The first-order chi connectivity index (χ1) is 29.3. The minimum atomic E-state index is -2.39. The van der Waals surface area contributed by atoms with Gasteiger partial charge in [-0.15, -0.1) is 0 Å². The highest BCUT2D eigenvalue weighted by Gasteiger charge is 2.53. The van der Waals surface area contributed by atoms with Gasteiger partial charge < -0.3 is 55.1 Å². The number of ether oxygens (including phenoxy) is 1. The molecule has 0 radical (unpaired) electrons. The summed E-state index contributed by atoms with van der Waals surface area (Å²) in [5, 5.41) is 79.5. The summed E-state index contributed by atoms with van der Waals surface area (Å²) in [5.41, 5.74) is 0.0280. The Hall–Kier alpha value is -5.33. The van der Waals surface area contributed by atoms with Gasteiger partial charge in [-0.1, -0.05) is 6.07 Å². The number of phenols is 2. The van der Waals surface area contributed by atoms with Gasteiger partial charge in [-0.25, -0.2) is 9.78 Å². The van der Waals surface area contributed by atoms with Gasteiger partial charge in [-0.05, 0) is 91.8 Å². The van der Waals surface area contributed by atoms with Gasteiger partial charge >= 0.3 is 0 Å². The van der Waals surface area contributed by atoms with E-state index < -0.39 is 55.3 Å². The molecule has 8 N–H and O–H groups in total. The van der Waals surface area contributed by atoms with E-state index in [1.54, 1.807) is 19.2 Å². The fourth-order valence-electron chi connectivity index (χ4n) is 9.90. The monoisotopic (exact) mass is 839 g/mol. The van der Waals surface area contributed by atoms with Crippen molar-refractivity contribution in [1.82, 2.24) is 5.32 Å². The number of aliphatic hydroxyl groups is 5. The van der Waals surface area contributed by atoms with Crippen LogP contribution in [0.4, 0.5) is 5.69 Å². The Bertz CT molecular complexity index is 2550. The Balaban J connectivity index is 1.09. The van der Waals surface area contributed by atoms with Crippen molar-refractivity contribution in [2.45, 2.75) is 87.5 Å². The van der Waals surface area contributed by atoms with Crippen molar-refractivity contribution in [3.05, 3.63) is 93.6 Å². The number of hydrogen-bond acceptors (Lipinski definition) is 15. The van der Waals surface area contributed by atoms with E-state index in [4.69, 9.17) is 18.9 Å². The first-order valence-corrected chi connectivity index (χ1v) is 20.6. The predicted molar refractivity (Wildman–Crippen MR) is 221 cm³/mol. The molecule has 8 atom stereocenters. The molecule has 16 heteroatoms. The van der Waals surface area contributed by atoms with Gasteiger partial charge in [-0.2, -0.15) is 0 Å². The van der Waals surface area contributed by atoms with Crippen molar-refractivity contribution < 1.29 is 59.5 Å². The number of aliphatic imine (C=N–C) groups is 1. The molecule has 16 nitrogen and oxygen atoms in total. The molecule has 1 amide bonds. The van der Waals surface area contributed by atoms with Crippen molar-refractivity contribution >= 4 is 39.0 Å². The molecule has 61 heavy (non-hydrogen) atoms. The number of hydrogen-bond donors (Lipinski definition) is 8. The van der Waals surface area contributed by atoms with Crippen molar-refractivity contribution in [2.24, 2.45) is 16.8 Å². The standard InChI is InChI=1S/C45H49N3O13/c1-23-11-35(52)32-12-27-13-37(61-58-22-44(57,43(56)40(55)36(53)21-49)16-25-4-7-34(51)30-6-5-29(50)15-31(25)30)45(9-2-3-24(17-45)28-14-38(54)47-18-28)60-41(27)39(42(32)59-23)48-19-26-8-10-46-33(26)20-48/h4-8,10-12,15,19,24,28,36-37,40,43,49-51,53,55-57H,2-3,9,13-14,16-18,20-22H2,1H3,(H,47,54)/t24-,28-,36-,37-,40-,43+,44+,45+/m1/s1. The van der Waals surface area contributed by atoms with E-state index in [0.29, 0.717) is 82.4 Å². The summed E-state index contributed by atoms with van der Waals surface area (Å²) in [6, 6.07) is 10.3. The molecule has 4 aliphatic heterocycles. The maximum absolute atomic E-state index is 13.6. The summed E-state index contributed by atoms with van der Waals surface area (Å²) < 4.78 is 13.6. The summed E-state index contributed by atoms with van der Waals surface area (Å²) in [5.74, 6) is 0.835. The molecule has 3 aromatic carbocycles. The molecule has 0 bridgehead atoms. The lowest BCUT2D eigenvalue weighted by atomic mass is 9.68. The minimum absolute atomic E-state index is 0.0117. The summed E-state index contributed by atoms with van der Waals surface area (Å²) in [4.78, 5) is 44.8. The predicted octanol–water partition coefficient (Wildman–Crippen LogP) is 2.70. The van der Waals surface area contributed by atoms with Crippen LogP contribution >= 0.6 is 0 Å². The van der Waals surface area contributed by atoms with Crippen LogP contribution in [-0.4, -0.2) is 109 Å². The molecule has 5 heterocycles. The van der Waals surface area contributed by atoms with Crippen LogP contribution in [0.3, 0.4) is 0 Å². The number of allylic oxidation sites excluding steroid dienone is 1. The molecule has 1 aromatic heterocycles. The number of nitrogens with one attached hydrogen (secondary N) is 1. The number of phenolic OH excluding ortho intramolecular Hbond substituents is 2. The zero-order valence-corrected chi connectivity index (χ0v) is 33.5. The Morgan fingerprint density at radius 1 is 1.05 bits per heavy atom. The Morgan fingerprint density at radius 3 is 2.66 bits per heavy atom. The topological polar surface area (TPSA) is 244 Å². The first-order valence-electron chi connectivity index (χ1n) is 20.6. The summed E-state index contributed by atoms with van der Waals surface area (Å²) >= 11 is 0. The zero-order valence-electron chi connectivity index (χ0n) is 33.5. The van der Waals surface area contributed by atoms with Crippen LogP contribution in [0.1, 0.15) is 49.0 Å². The highest BCUT2D eigenvalue weighted by Crippen LogP contribution is 2.52. The maximum atomic E-state index is 13.6. The van der Waals surface area contributed by atoms with Crippen LogP contribution < -0.4 is 20.4 Å². The Morgan fingerprint density at radius 2 is 1.89 bits per heavy atom. The molecule has 322 valence electrons. The van der Waals surface area contributed by atoms with E-state index in [2.05, 4.69) is 10.3 Å². The number of rotatable bonds is 12. The summed E-state index contributed by atoms with van der Waals surface area (Å²) in [6.07, 6.45) is 1.49. The van der Waals surface area contributed by atoms with Crippen LogP contribution in [0, 0.1) is 18.8 Å². The zero-order chi connectivity index (χ0) is 42.8. The lowest BCUT2D eigenvalue weighted by Gasteiger charge is -2.49. The molecule has 4 aromatic rings. The lowest BCUT2D eigenvalue weighted by Crippen LogP contribution is -2.58. The second-order valence-electron chi connectivity index (χ2n) is 17.2. The lowest BCUT2D eigenvalue weighted by molar-refractivity contribution is -0.374. The molecule has 2 fully saturated rings. The number of benzene rings is 3. The SMILES string of the molecule is Cc1cc(=O)c2cc3c(c(N4C=C5C=CN=C5C4)c2o1)O[C@]1(CCC[C@@H]([C@H]2CNC(=O)C2)C1)[C@H](OOC[C@@](O)(Cc1ccc(O)c2ccc(O)cc12)[C@@H](O)[C@H](O)[C@H](O)CO)C3. The van der Waals surface area contributed by atoms with Crippen LogP contribution in [0.2, 0.25) is 0 Å². The third kappa shape index (κ3) is 7.45. The Labute approximate surface area is 349 Å². The highest BCUT2D eigenvalue weighted by atomic mass is 17.2. The number of aromatic hydroxyl groups is 2. The number of aliphatic hydroxyl groups excluding tert-OH is 4. The number of aryl methyl sites for hydroxylation is 1. The first kappa shape index (κ1) is 41.0. The van der Waals surface area contributed by atoms with Gasteiger partial charge in [0.25, 0.3) is 0 Å². The van der Waals surface area contributed by atoms with E-state index in [0.717, 1.165) is 24.1 Å². The molecule has 1 saturated carbocycles. The minimum Gasteiger partial charge on any atom is -0.508 e. The number of nitrogens with zero attached hydrogens (tertiary/aromatic N) is 2. The molecule has 9 rings (SSSR count). The molecule has 0 unspecified atom stereocenters. The van der Waals surface area contributed by atoms with Gasteiger partial charge in [0.2, 0.25) is 5.91 Å². The third-order valence-electron chi connectivity index (χ3n) is 13.1. The largest absolute Gasteiger partial charge is 0.508 e. The maximum Gasteiger partial charge on any atom is 0.220 e. The second-order valence-corrected chi connectivity index (χ2v) is 17.2. The molecule has 1 aliphatic carbocycles. The molecular weight excluding hydrogens is 791 g/mol. The number of anilines is 1. The normalized spacial score (nSPS) is 25.8. The molecule has 5 aliphatic rings. The average molecular weight is 840 g/mol. The molecular formula is C45H49N3O13. The van der Waals surface area contributed by atoms with Crippen LogP contribution in [0.5, 0.6) is 17.2 Å². The fraction of sp³-hybridized carbons (Fsp3) is 0.444. The van der Waals surface area contributed by atoms with Gasteiger partial charge in [0, 0.05) is 60.8 Å². The van der Waals surface area contributed by atoms with E-state index in [-0.39, 0.29) is 41.1 Å². The van der Waals surface area contributed by atoms with Crippen molar-refractivity contribution in [2.75, 3.05) is 31.2 Å². The summed E-state index contributed by atoms with van der Waals surface area (Å²) in [6.45, 7) is 0.983. The van der Waals surface area contributed by atoms with Crippen molar-refractivity contribution in [3.63, 3.8) is 0 Å². The summed E-state index contributed by atoms with van der Waals surface area (Å²) in [7, 11) is 0. The fourth-order valence-corrected chi connectivity index (χ4v) is 9.90. The molecule has 1 saturated heterocycles. The number of fused-ring (bicyclic) bond motifs is 4. The van der Waals surface area contributed by atoms with Crippen LogP contribution in [-0.2, 0) is 27.4 Å². The highest BCUT2D eigenvalue weighted by molar-refractivity contribution is 6.12. The number of carbonyl (C=O) groups is 1. The van der Waals surface area contributed by atoms with Gasteiger partial charge in [0.15, 0.2) is 16.8 Å². The van der Waals surface area contributed by atoms with E-state index in [1.807, 2.05) is 17.2 Å². The number of carbonyl (C=O) groups excluding carboxylic acids is 1. The van der Waals surface area contributed by atoms with E-state index in [9.17, 15) is 45.3 Å². The Kier molecular flexibility index (Phi) is 10.7. The second kappa shape index (κ2) is 15.9. The third-order valence-corrected chi connectivity index (χ3v) is 13.1. The smallest absolute Gasteiger partial charge is 0.220 e. The average Bonchev–Trinajstić information content (AvgIpc) is 3.98. The van der Waals surface area contributed by atoms with Gasteiger partial charge in [-0.3, -0.25) is 14.6 Å². The van der Waals surface area contributed by atoms with E-state index in [1.165, 1.54) is 36.4 Å². The van der Waals surface area contributed by atoms with Crippen molar-refractivity contribution in [1.29, 1.82) is 0 Å². The molecule has 1 spiro atoms. The quantitative estimate of drug-likeness (QED) is 0.0756. The van der Waals surface area contributed by atoms with Gasteiger partial charge in [0.1, 0.15) is 65.2 Å². The van der Waals surface area contributed by atoms with E-state index >= 15 is 0 Å². The van der Waals surface area contributed by atoms with Crippen LogP contribution in [0.15, 0.2) is 80.7 Å². The van der Waals surface area contributed by atoms with Crippen molar-refractivity contribution in [3.8, 4) is 17.2 Å². The number of amides is 1.